The Morgan fingerprint density at radius 3 is 2.89 bits per heavy atom. The second-order valence-electron chi connectivity index (χ2n) is 4.94. The summed E-state index contributed by atoms with van der Waals surface area (Å²) in [5.74, 6) is 1.72. The van der Waals surface area contributed by atoms with E-state index in [1.54, 1.807) is 14.2 Å². The molecule has 0 saturated carbocycles. The van der Waals surface area contributed by atoms with Gasteiger partial charge < -0.3 is 20.1 Å². The third kappa shape index (κ3) is 4.11. The van der Waals surface area contributed by atoms with Gasteiger partial charge in [0.2, 0.25) is 0 Å². The van der Waals surface area contributed by atoms with Crippen molar-refractivity contribution in [1.82, 2.24) is 10.6 Å². The van der Waals surface area contributed by atoms with Gasteiger partial charge in [0.05, 0.1) is 14.2 Å². The molecule has 106 valence electrons. The van der Waals surface area contributed by atoms with Crippen molar-refractivity contribution in [1.29, 1.82) is 0 Å². The van der Waals surface area contributed by atoms with E-state index in [4.69, 9.17) is 9.47 Å². The number of benzene rings is 1. The number of ether oxygens (including phenoxy) is 2. The lowest BCUT2D eigenvalue weighted by Gasteiger charge is -2.17. The molecule has 2 rings (SSSR count). The van der Waals surface area contributed by atoms with Crippen molar-refractivity contribution in [2.45, 2.75) is 31.8 Å². The Hall–Kier alpha value is -1.26. The molecule has 1 fully saturated rings. The molecule has 0 radical (unpaired) electrons. The zero-order valence-corrected chi connectivity index (χ0v) is 11.9. The molecule has 1 aliphatic rings. The molecule has 19 heavy (non-hydrogen) atoms. The maximum absolute atomic E-state index is 5.42. The molecule has 4 nitrogen and oxygen atoms in total. The molecule has 1 aromatic carbocycles. The average molecular weight is 264 g/mol. The SMILES string of the molecule is COc1ccc(CNC2CCCNCC2)c(OC)c1. The summed E-state index contributed by atoms with van der Waals surface area (Å²) in [6.45, 7) is 3.10. The second-order valence-corrected chi connectivity index (χ2v) is 4.94. The Labute approximate surface area is 115 Å². The molecule has 0 aliphatic carbocycles. The van der Waals surface area contributed by atoms with Gasteiger partial charge in [-0.15, -0.1) is 0 Å². The van der Waals surface area contributed by atoms with E-state index >= 15 is 0 Å². The minimum Gasteiger partial charge on any atom is -0.497 e. The van der Waals surface area contributed by atoms with E-state index in [-0.39, 0.29) is 0 Å². The largest absolute Gasteiger partial charge is 0.497 e. The lowest BCUT2D eigenvalue weighted by Crippen LogP contribution is -2.29. The first-order valence-corrected chi connectivity index (χ1v) is 6.98. The van der Waals surface area contributed by atoms with Gasteiger partial charge in [-0.2, -0.15) is 0 Å². The van der Waals surface area contributed by atoms with Crippen molar-refractivity contribution >= 4 is 0 Å². The Balaban J connectivity index is 1.94. The molecule has 1 saturated heterocycles. The fourth-order valence-electron chi connectivity index (χ4n) is 2.48. The number of nitrogens with one attached hydrogen (secondary N) is 2. The zero-order valence-electron chi connectivity index (χ0n) is 11.9. The molecule has 1 aromatic rings. The predicted molar refractivity (Wildman–Crippen MR) is 76.9 cm³/mol. The zero-order chi connectivity index (χ0) is 13.5. The fourth-order valence-corrected chi connectivity index (χ4v) is 2.48. The maximum Gasteiger partial charge on any atom is 0.127 e. The van der Waals surface area contributed by atoms with Gasteiger partial charge in [-0.25, -0.2) is 0 Å². The third-order valence-corrected chi connectivity index (χ3v) is 3.65. The quantitative estimate of drug-likeness (QED) is 0.853. The smallest absolute Gasteiger partial charge is 0.127 e. The monoisotopic (exact) mass is 264 g/mol. The molecule has 2 N–H and O–H groups in total. The molecule has 1 aliphatic heterocycles. The van der Waals surface area contributed by atoms with Crippen LogP contribution >= 0.6 is 0 Å². The topological polar surface area (TPSA) is 42.5 Å². The summed E-state index contributed by atoms with van der Waals surface area (Å²) in [6, 6.07) is 6.58. The van der Waals surface area contributed by atoms with Crippen molar-refractivity contribution in [3.63, 3.8) is 0 Å². The average Bonchev–Trinajstić information content (AvgIpc) is 2.73. The van der Waals surface area contributed by atoms with Gasteiger partial charge in [-0.3, -0.25) is 0 Å². The van der Waals surface area contributed by atoms with E-state index < -0.39 is 0 Å². The highest BCUT2D eigenvalue weighted by Gasteiger charge is 2.12. The van der Waals surface area contributed by atoms with Gasteiger partial charge in [-0.05, 0) is 38.4 Å². The Kier molecular flexibility index (Phi) is 5.48. The molecular formula is C15H24N2O2. The van der Waals surface area contributed by atoms with Gasteiger partial charge in [0.15, 0.2) is 0 Å². The summed E-state index contributed by atoms with van der Waals surface area (Å²) < 4.78 is 10.6. The van der Waals surface area contributed by atoms with E-state index in [1.165, 1.54) is 24.8 Å². The summed E-state index contributed by atoms with van der Waals surface area (Å²) in [5.41, 5.74) is 1.18. The molecule has 4 heteroatoms. The summed E-state index contributed by atoms with van der Waals surface area (Å²) in [6.07, 6.45) is 3.68. The molecule has 1 atom stereocenters. The lowest BCUT2D eigenvalue weighted by molar-refractivity contribution is 0.386. The van der Waals surface area contributed by atoms with Crippen LogP contribution in [-0.4, -0.2) is 33.4 Å². The number of methoxy groups -OCH3 is 2. The van der Waals surface area contributed by atoms with Crippen molar-refractivity contribution in [3.05, 3.63) is 23.8 Å². The first kappa shape index (κ1) is 14.2. The molecular weight excluding hydrogens is 240 g/mol. The van der Waals surface area contributed by atoms with E-state index in [0.717, 1.165) is 31.1 Å². The maximum atomic E-state index is 5.42. The van der Waals surface area contributed by atoms with Crippen LogP contribution in [0.3, 0.4) is 0 Å². The predicted octanol–water partition coefficient (Wildman–Crippen LogP) is 1.94. The first-order chi connectivity index (χ1) is 9.33. The molecule has 1 unspecified atom stereocenters. The van der Waals surface area contributed by atoms with E-state index in [2.05, 4.69) is 16.7 Å². The molecule has 0 aromatic heterocycles. The first-order valence-electron chi connectivity index (χ1n) is 6.98. The molecule has 0 spiro atoms. The highest BCUT2D eigenvalue weighted by Crippen LogP contribution is 2.24. The molecule has 0 amide bonds. The van der Waals surface area contributed by atoms with Gasteiger partial charge in [0, 0.05) is 24.2 Å². The summed E-state index contributed by atoms with van der Waals surface area (Å²) in [7, 11) is 3.37. The van der Waals surface area contributed by atoms with Crippen molar-refractivity contribution in [2.75, 3.05) is 27.3 Å². The van der Waals surface area contributed by atoms with Crippen molar-refractivity contribution in [3.8, 4) is 11.5 Å². The second kappa shape index (κ2) is 7.36. The van der Waals surface area contributed by atoms with Crippen LogP contribution in [0.5, 0.6) is 11.5 Å². The Bertz CT molecular complexity index is 388. The van der Waals surface area contributed by atoms with Crippen LogP contribution in [0, 0.1) is 0 Å². The normalized spacial score (nSPS) is 19.8. The number of rotatable bonds is 5. The van der Waals surface area contributed by atoms with Crippen LogP contribution in [-0.2, 0) is 6.54 Å². The minimum atomic E-state index is 0.599. The van der Waals surface area contributed by atoms with Gasteiger partial charge in [0.1, 0.15) is 11.5 Å². The summed E-state index contributed by atoms with van der Waals surface area (Å²) >= 11 is 0. The van der Waals surface area contributed by atoms with Crippen LogP contribution in [0.1, 0.15) is 24.8 Å². The van der Waals surface area contributed by atoms with Crippen molar-refractivity contribution < 1.29 is 9.47 Å². The summed E-state index contributed by atoms with van der Waals surface area (Å²) in [5, 5.41) is 7.06. The van der Waals surface area contributed by atoms with E-state index in [9.17, 15) is 0 Å². The lowest BCUT2D eigenvalue weighted by atomic mass is 10.1. The Morgan fingerprint density at radius 1 is 1.21 bits per heavy atom. The van der Waals surface area contributed by atoms with Crippen LogP contribution in [0.25, 0.3) is 0 Å². The highest BCUT2D eigenvalue weighted by atomic mass is 16.5. The van der Waals surface area contributed by atoms with Crippen LogP contribution in [0.15, 0.2) is 18.2 Å². The fraction of sp³-hybridized carbons (Fsp3) is 0.600. The van der Waals surface area contributed by atoms with Crippen LogP contribution < -0.4 is 20.1 Å². The molecule has 1 heterocycles. The van der Waals surface area contributed by atoms with Gasteiger partial charge in [-0.1, -0.05) is 6.07 Å². The number of hydrogen-bond acceptors (Lipinski definition) is 4. The summed E-state index contributed by atoms with van der Waals surface area (Å²) in [4.78, 5) is 0. The molecule has 0 bridgehead atoms. The Morgan fingerprint density at radius 2 is 2.11 bits per heavy atom. The number of hydrogen-bond donors (Lipinski definition) is 2. The highest BCUT2D eigenvalue weighted by molar-refractivity contribution is 5.40. The minimum absolute atomic E-state index is 0.599. The van der Waals surface area contributed by atoms with Gasteiger partial charge >= 0.3 is 0 Å². The van der Waals surface area contributed by atoms with Crippen LogP contribution in [0.2, 0.25) is 0 Å². The van der Waals surface area contributed by atoms with Crippen LogP contribution in [0.4, 0.5) is 0 Å². The standard InChI is InChI=1S/C15H24N2O2/c1-18-14-6-5-12(15(10-14)19-2)11-17-13-4-3-8-16-9-7-13/h5-6,10,13,16-17H,3-4,7-9,11H2,1-2H3. The van der Waals surface area contributed by atoms with E-state index in [1.807, 2.05) is 12.1 Å². The van der Waals surface area contributed by atoms with E-state index in [0.29, 0.717) is 6.04 Å². The van der Waals surface area contributed by atoms with Gasteiger partial charge in [0.25, 0.3) is 0 Å². The van der Waals surface area contributed by atoms with Crippen molar-refractivity contribution in [2.24, 2.45) is 0 Å². The third-order valence-electron chi connectivity index (χ3n) is 3.65.